The zero-order valence-electron chi connectivity index (χ0n) is 10.5. The quantitative estimate of drug-likeness (QED) is 0.748. The largest absolute Gasteiger partial charge is 0.508 e. The summed E-state index contributed by atoms with van der Waals surface area (Å²) in [5, 5.41) is 9.30. The van der Waals surface area contributed by atoms with Crippen LogP contribution in [0.3, 0.4) is 0 Å². The van der Waals surface area contributed by atoms with E-state index in [9.17, 15) is 5.11 Å². The Morgan fingerprint density at radius 1 is 1.19 bits per heavy atom. The van der Waals surface area contributed by atoms with Gasteiger partial charge in [-0.3, -0.25) is 0 Å². The van der Waals surface area contributed by atoms with E-state index in [0.717, 1.165) is 5.92 Å². The smallest absolute Gasteiger partial charge is 0.115 e. The molecule has 1 atom stereocenters. The third kappa shape index (κ3) is 2.58. The summed E-state index contributed by atoms with van der Waals surface area (Å²) in [5.74, 6) is 2.67. The zero-order valence-corrected chi connectivity index (χ0v) is 10.5. The van der Waals surface area contributed by atoms with Gasteiger partial charge in [-0.2, -0.15) is 0 Å². The van der Waals surface area contributed by atoms with Gasteiger partial charge in [0.2, 0.25) is 0 Å². The number of hydrogen-bond donors (Lipinski definition) is 1. The van der Waals surface area contributed by atoms with Gasteiger partial charge in [-0.25, -0.2) is 0 Å². The maximum absolute atomic E-state index is 9.30. The first kappa shape index (κ1) is 11.5. The topological polar surface area (TPSA) is 20.2 Å². The second kappa shape index (κ2) is 4.12. The van der Waals surface area contributed by atoms with Crippen molar-refractivity contribution >= 4 is 0 Å². The van der Waals surface area contributed by atoms with Crippen molar-refractivity contribution in [3.8, 4) is 5.75 Å². The summed E-state index contributed by atoms with van der Waals surface area (Å²) in [6, 6.07) is 7.65. The molecule has 1 heteroatoms. The van der Waals surface area contributed by atoms with Crippen molar-refractivity contribution in [3.63, 3.8) is 0 Å². The van der Waals surface area contributed by atoms with Gasteiger partial charge < -0.3 is 5.11 Å². The fourth-order valence-corrected chi connectivity index (χ4v) is 3.08. The second-order valence-electron chi connectivity index (χ2n) is 6.00. The minimum atomic E-state index is 0.354. The molecule has 1 aromatic carbocycles. The highest BCUT2D eigenvalue weighted by Crippen LogP contribution is 2.45. The van der Waals surface area contributed by atoms with Gasteiger partial charge in [-0.1, -0.05) is 32.9 Å². The van der Waals surface area contributed by atoms with Crippen molar-refractivity contribution in [3.05, 3.63) is 35.7 Å². The summed E-state index contributed by atoms with van der Waals surface area (Å²) in [5.41, 5.74) is 1.72. The van der Waals surface area contributed by atoms with Crippen molar-refractivity contribution in [2.45, 2.75) is 40.0 Å². The van der Waals surface area contributed by atoms with E-state index >= 15 is 0 Å². The minimum Gasteiger partial charge on any atom is -0.508 e. The maximum Gasteiger partial charge on any atom is 0.115 e. The molecule has 0 heterocycles. The van der Waals surface area contributed by atoms with Crippen molar-refractivity contribution in [2.75, 3.05) is 0 Å². The summed E-state index contributed by atoms with van der Waals surface area (Å²) in [6.45, 7) is 7.04. The molecular weight excluding hydrogens is 196 g/mol. The van der Waals surface area contributed by atoms with Crippen LogP contribution in [0.2, 0.25) is 0 Å². The lowest BCUT2D eigenvalue weighted by Crippen LogP contribution is -2.26. The number of aromatic hydroxyl groups is 1. The molecule has 16 heavy (non-hydrogen) atoms. The maximum atomic E-state index is 9.30. The van der Waals surface area contributed by atoms with Crippen LogP contribution in [0.25, 0.3) is 0 Å². The number of phenolic OH excluding ortho intramolecular Hbond substituents is 1. The fourth-order valence-electron chi connectivity index (χ4n) is 3.08. The Labute approximate surface area is 98.5 Å². The minimum absolute atomic E-state index is 0.354. The van der Waals surface area contributed by atoms with E-state index in [4.69, 9.17) is 0 Å². The first-order valence-corrected chi connectivity index (χ1v) is 6.10. The molecule has 87 valence electrons. The Morgan fingerprint density at radius 3 is 2.38 bits per heavy atom. The summed E-state index contributed by atoms with van der Waals surface area (Å²) >= 11 is 0. The monoisotopic (exact) mass is 217 g/mol. The van der Waals surface area contributed by atoms with Gasteiger partial charge in [0.25, 0.3) is 0 Å². The van der Waals surface area contributed by atoms with Gasteiger partial charge in [0.05, 0.1) is 0 Å². The number of phenols is 1. The van der Waals surface area contributed by atoms with E-state index in [1.54, 1.807) is 18.1 Å². The normalized spacial score (nSPS) is 25.6. The molecule has 0 amide bonds. The third-order valence-electron chi connectivity index (χ3n) is 3.46. The molecule has 1 aliphatic carbocycles. The predicted octanol–water partition coefficient (Wildman–Crippen LogP) is 4.16. The van der Waals surface area contributed by atoms with Crippen LogP contribution in [0.1, 0.15) is 45.6 Å². The number of benzene rings is 1. The van der Waals surface area contributed by atoms with E-state index in [0.29, 0.717) is 11.2 Å². The molecule has 1 radical (unpaired) electrons. The zero-order chi connectivity index (χ0) is 11.8. The van der Waals surface area contributed by atoms with E-state index in [1.165, 1.54) is 24.8 Å². The molecule has 0 aliphatic heterocycles. The second-order valence-corrected chi connectivity index (χ2v) is 6.00. The van der Waals surface area contributed by atoms with E-state index in [1.807, 2.05) is 12.1 Å². The molecule has 1 N–H and O–H groups in total. The molecule has 1 aliphatic rings. The lowest BCUT2D eigenvalue weighted by molar-refractivity contribution is 0.215. The lowest BCUT2D eigenvalue weighted by atomic mass is 9.66. The van der Waals surface area contributed by atoms with Crippen molar-refractivity contribution in [2.24, 2.45) is 11.3 Å². The van der Waals surface area contributed by atoms with Crippen LogP contribution in [0.5, 0.6) is 5.75 Å². The van der Waals surface area contributed by atoms with Crippen LogP contribution in [-0.4, -0.2) is 5.11 Å². The predicted molar refractivity (Wildman–Crippen MR) is 67.2 cm³/mol. The molecular formula is C15H21O. The van der Waals surface area contributed by atoms with Gasteiger partial charge in [-0.15, -0.1) is 0 Å². The highest BCUT2D eigenvalue weighted by atomic mass is 16.3. The lowest BCUT2D eigenvalue weighted by Gasteiger charge is -2.38. The van der Waals surface area contributed by atoms with E-state index < -0.39 is 0 Å². The average molecular weight is 217 g/mol. The van der Waals surface area contributed by atoms with Crippen LogP contribution in [0.4, 0.5) is 0 Å². The highest BCUT2D eigenvalue weighted by molar-refractivity contribution is 5.36. The van der Waals surface area contributed by atoms with Crippen LogP contribution in [0.15, 0.2) is 24.3 Å². The molecule has 2 rings (SSSR count). The molecule has 0 aromatic heterocycles. The number of hydrogen-bond acceptors (Lipinski definition) is 1. The SMILES string of the molecule is CC1C[C](c2ccc(O)cc2)CC(C)(C)C1. The Hall–Kier alpha value is -0.980. The Balaban J connectivity index is 2.17. The highest BCUT2D eigenvalue weighted by Gasteiger charge is 2.32. The first-order chi connectivity index (χ1) is 7.46. The standard InChI is InChI=1S/C15H21O/c1-11-8-13(10-15(2,3)9-11)12-4-6-14(16)7-5-12/h4-7,11,16H,8-10H2,1-3H3. The van der Waals surface area contributed by atoms with Gasteiger partial charge in [-0.05, 0) is 48.3 Å². The fraction of sp³-hybridized carbons (Fsp3) is 0.533. The summed E-state index contributed by atoms with van der Waals surface area (Å²) in [4.78, 5) is 0. The van der Waals surface area contributed by atoms with E-state index in [-0.39, 0.29) is 0 Å². The molecule has 1 unspecified atom stereocenters. The van der Waals surface area contributed by atoms with Crippen LogP contribution in [0, 0.1) is 17.3 Å². The van der Waals surface area contributed by atoms with Crippen LogP contribution in [-0.2, 0) is 0 Å². The molecule has 0 spiro atoms. The number of rotatable bonds is 1. The molecule has 0 bridgehead atoms. The van der Waals surface area contributed by atoms with Crippen molar-refractivity contribution < 1.29 is 5.11 Å². The van der Waals surface area contributed by atoms with E-state index in [2.05, 4.69) is 20.8 Å². The average Bonchev–Trinajstić information content (AvgIpc) is 2.15. The van der Waals surface area contributed by atoms with Crippen LogP contribution < -0.4 is 0 Å². The Morgan fingerprint density at radius 2 is 1.81 bits per heavy atom. The summed E-state index contributed by atoms with van der Waals surface area (Å²) < 4.78 is 0. The van der Waals surface area contributed by atoms with Gasteiger partial charge in [0.1, 0.15) is 5.75 Å². The van der Waals surface area contributed by atoms with Crippen molar-refractivity contribution in [1.82, 2.24) is 0 Å². The van der Waals surface area contributed by atoms with Crippen molar-refractivity contribution in [1.29, 1.82) is 0 Å². The Kier molecular flexibility index (Phi) is 2.96. The summed E-state index contributed by atoms with van der Waals surface area (Å²) in [7, 11) is 0. The van der Waals surface area contributed by atoms with Gasteiger partial charge in [0.15, 0.2) is 0 Å². The molecule has 1 fully saturated rings. The Bertz CT molecular complexity index is 350. The summed E-state index contributed by atoms with van der Waals surface area (Å²) in [6.07, 6.45) is 3.70. The molecule has 0 saturated heterocycles. The van der Waals surface area contributed by atoms with Gasteiger partial charge >= 0.3 is 0 Å². The van der Waals surface area contributed by atoms with Crippen LogP contribution >= 0.6 is 0 Å². The van der Waals surface area contributed by atoms with Gasteiger partial charge in [0, 0.05) is 5.92 Å². The molecule has 1 saturated carbocycles. The first-order valence-electron chi connectivity index (χ1n) is 6.10. The molecule has 1 nitrogen and oxygen atoms in total. The molecule has 1 aromatic rings. The third-order valence-corrected chi connectivity index (χ3v) is 3.46.